The van der Waals surface area contributed by atoms with Gasteiger partial charge in [-0.15, -0.1) is 0 Å². The minimum Gasteiger partial charge on any atom is -0.164 e. The first kappa shape index (κ1) is 73.3. The Morgan fingerprint density at radius 2 is 0.579 bits per heavy atom. The van der Waals surface area contributed by atoms with Crippen molar-refractivity contribution in [3.05, 3.63) is 382 Å². The number of benzene rings is 8. The molecule has 8 heterocycles. The maximum absolute atomic E-state index is 2.40. The minimum absolute atomic E-state index is 0.0551. The molecule has 0 bridgehead atoms. The van der Waals surface area contributed by atoms with E-state index in [1.165, 1.54) is 179 Å². The lowest BCUT2D eigenvalue weighted by molar-refractivity contribution is -0.611. The Hall–Kier alpha value is -12.0. The molecule has 8 aromatic carbocycles. The van der Waals surface area contributed by atoms with E-state index >= 15 is 0 Å². The SMILES string of the molecule is Cc1c(-[n+]2ccccc2C)cc(C(C)(C)C)cc1-[n+]1c(C)ccc2ccccc21.Cc1c(-[n+]2ccccc2C)cccc1-[n+]1c(C)ccc2ccccc21.Cc1cc(-[n+]2ccccc2C)c(C)c(-[n+]2cc3ccccc3cc2C)c1.Cc1cc(C)c(-[n+]2cc3ccccc3cc2C)c(C)c1-[n+]1ccccc1C. The number of pyridine rings is 8. The summed E-state index contributed by atoms with van der Waals surface area (Å²) in [6, 6.07) is 91.1. The molecule has 16 aromatic rings. The molecule has 0 aliphatic heterocycles. The van der Waals surface area contributed by atoms with Crippen LogP contribution in [-0.4, -0.2) is 0 Å². The summed E-state index contributed by atoms with van der Waals surface area (Å²) >= 11 is 0. The highest BCUT2D eigenvalue weighted by Crippen LogP contribution is 2.31. The molecule has 8 nitrogen and oxygen atoms in total. The fraction of sp³-hybridized carbons (Fsp3) is 0.192. The van der Waals surface area contributed by atoms with E-state index in [9.17, 15) is 0 Å². The van der Waals surface area contributed by atoms with E-state index < -0.39 is 0 Å². The summed E-state index contributed by atoms with van der Waals surface area (Å²) in [5, 5.41) is 7.57. The average molecular weight is 1400 g/mol. The van der Waals surface area contributed by atoms with Gasteiger partial charge in [0, 0.05) is 209 Å². The Morgan fingerprint density at radius 1 is 0.224 bits per heavy atom. The Kier molecular flexibility index (Phi) is 21.2. The standard InChI is InChI=1S/C27H30N2.C25H26N2.C24H24N2.C23H22N2/c1-19-11-9-10-16-28(19)25-17-23(27(4,5)6)18-26(21(25)3)29-20(2)14-15-22-12-7-8-13-24(22)29;1-17-14-18(2)25(21(5)24(17)26-13-9-8-10-19(26)3)27-16-23-12-7-6-11-22(23)15-20(27)4;1-17-13-23(25-12-8-7-9-18(25)2)20(4)24(14-17)26-16-22-11-6-5-10-21(22)15-19(26)3;1-17-9-6-7-16-24(17)21-12-8-13-22(19(21)3)25-18(2)14-15-20-10-4-5-11-23(20)25/h7-18H,1-6H3;6-16H,1-5H3;5-16H,1-4H3;4-16H,1-3H3/q4*+2. The van der Waals surface area contributed by atoms with Gasteiger partial charge in [0.2, 0.25) is 56.5 Å². The highest BCUT2D eigenvalue weighted by molar-refractivity contribution is 5.82. The quantitative estimate of drug-likeness (QED) is 0.136. The molecule has 107 heavy (non-hydrogen) atoms. The van der Waals surface area contributed by atoms with E-state index in [-0.39, 0.29) is 5.41 Å². The van der Waals surface area contributed by atoms with Crippen LogP contribution in [0.3, 0.4) is 0 Å². The predicted molar refractivity (Wildman–Crippen MR) is 438 cm³/mol. The van der Waals surface area contributed by atoms with Gasteiger partial charge < -0.3 is 0 Å². The van der Waals surface area contributed by atoms with Gasteiger partial charge in [-0.05, 0) is 124 Å². The first-order valence-corrected chi connectivity index (χ1v) is 37.5. The predicted octanol–water partition coefficient (Wildman–Crippen LogP) is 19.5. The zero-order chi connectivity index (χ0) is 75.5. The van der Waals surface area contributed by atoms with Gasteiger partial charge in [-0.25, -0.2) is 0 Å². The summed E-state index contributed by atoms with van der Waals surface area (Å²) in [5.74, 6) is 0. The zero-order valence-corrected chi connectivity index (χ0v) is 65.8. The third-order valence-electron chi connectivity index (χ3n) is 21.2. The van der Waals surface area contributed by atoms with Crippen LogP contribution in [0.25, 0.3) is 88.8 Å². The van der Waals surface area contributed by atoms with E-state index in [0.29, 0.717) is 0 Å². The Bertz CT molecular complexity index is 6070. The van der Waals surface area contributed by atoms with Gasteiger partial charge in [-0.3, -0.25) is 0 Å². The molecule has 0 spiro atoms. The highest BCUT2D eigenvalue weighted by Gasteiger charge is 2.32. The van der Waals surface area contributed by atoms with Gasteiger partial charge in [0.1, 0.15) is 0 Å². The van der Waals surface area contributed by atoms with E-state index in [1.54, 1.807) is 0 Å². The summed E-state index contributed by atoms with van der Waals surface area (Å²) in [7, 11) is 0. The van der Waals surface area contributed by atoms with Crippen molar-refractivity contribution < 1.29 is 36.5 Å². The number of hydrogen-bond acceptors (Lipinski definition) is 0. The van der Waals surface area contributed by atoms with Crippen molar-refractivity contribution in [2.45, 2.75) is 130 Å². The minimum atomic E-state index is 0.0551. The molecule has 8 aromatic heterocycles. The van der Waals surface area contributed by atoms with Crippen LogP contribution in [0, 0.1) is 104 Å². The fourth-order valence-corrected chi connectivity index (χ4v) is 15.5. The molecule has 8 heteroatoms. The highest BCUT2D eigenvalue weighted by atomic mass is 15.0. The lowest BCUT2D eigenvalue weighted by Crippen LogP contribution is -2.40. The number of nitrogens with zero attached hydrogens (tertiary/aromatic N) is 8. The summed E-state index contributed by atoms with van der Waals surface area (Å²) in [4.78, 5) is 0. The van der Waals surface area contributed by atoms with Crippen molar-refractivity contribution in [2.75, 3.05) is 0 Å². The van der Waals surface area contributed by atoms with Crippen molar-refractivity contribution in [1.82, 2.24) is 0 Å². The maximum atomic E-state index is 2.40. The number of fused-ring (bicyclic) bond motifs is 4. The second-order valence-electron chi connectivity index (χ2n) is 30.0. The van der Waals surface area contributed by atoms with Crippen LogP contribution in [0.15, 0.2) is 292 Å². The van der Waals surface area contributed by atoms with Crippen molar-refractivity contribution in [3.63, 3.8) is 0 Å². The van der Waals surface area contributed by atoms with Crippen LogP contribution < -0.4 is 36.5 Å². The summed E-state index contributed by atoms with van der Waals surface area (Å²) in [5.41, 5.74) is 32.6. The topological polar surface area (TPSA) is 31.0 Å². The van der Waals surface area contributed by atoms with Gasteiger partial charge in [0.05, 0.1) is 22.3 Å². The molecule has 16 rings (SSSR count). The van der Waals surface area contributed by atoms with E-state index in [4.69, 9.17) is 0 Å². The van der Waals surface area contributed by atoms with Crippen LogP contribution in [-0.2, 0) is 5.41 Å². The van der Waals surface area contributed by atoms with Crippen molar-refractivity contribution >= 4 is 43.4 Å². The lowest BCUT2D eigenvalue weighted by Gasteiger charge is -2.20. The molecular weight excluding hydrogens is 1300 g/mol. The summed E-state index contributed by atoms with van der Waals surface area (Å²) < 4.78 is 18.5. The second kappa shape index (κ2) is 31.0. The van der Waals surface area contributed by atoms with Gasteiger partial charge in [0.15, 0.2) is 82.7 Å². The third-order valence-corrected chi connectivity index (χ3v) is 21.2. The molecule has 530 valence electrons. The largest absolute Gasteiger partial charge is 0.223 e. The van der Waals surface area contributed by atoms with Crippen LogP contribution in [0.1, 0.15) is 111 Å². The summed E-state index contributed by atoms with van der Waals surface area (Å²) in [6.45, 7) is 39.7. The van der Waals surface area contributed by atoms with Crippen LogP contribution in [0.4, 0.5) is 0 Å². The van der Waals surface area contributed by atoms with Crippen LogP contribution in [0.2, 0.25) is 0 Å². The summed E-state index contributed by atoms with van der Waals surface area (Å²) in [6.07, 6.45) is 13.1. The van der Waals surface area contributed by atoms with Gasteiger partial charge in [0.25, 0.3) is 0 Å². The molecule has 0 unspecified atom stereocenters. The number of para-hydroxylation sites is 2. The number of hydrogen-bond donors (Lipinski definition) is 0. The van der Waals surface area contributed by atoms with Crippen molar-refractivity contribution in [1.29, 1.82) is 0 Å². The molecule has 0 fully saturated rings. The van der Waals surface area contributed by atoms with E-state index in [2.05, 4.69) is 453 Å². The van der Waals surface area contributed by atoms with Crippen LogP contribution >= 0.6 is 0 Å². The Morgan fingerprint density at radius 3 is 1.07 bits per heavy atom. The lowest BCUT2D eigenvalue weighted by atomic mass is 9.85. The normalized spacial score (nSPS) is 11.3. The van der Waals surface area contributed by atoms with Gasteiger partial charge >= 0.3 is 0 Å². The van der Waals surface area contributed by atoms with Crippen molar-refractivity contribution in [2.24, 2.45) is 0 Å². The molecule has 0 saturated carbocycles. The molecule has 0 saturated heterocycles. The molecule has 0 amide bonds. The van der Waals surface area contributed by atoms with Crippen molar-refractivity contribution in [3.8, 4) is 45.5 Å². The monoisotopic (exact) mass is 1400 g/mol. The molecule has 0 aliphatic carbocycles. The zero-order valence-electron chi connectivity index (χ0n) is 65.8. The molecule has 0 radical (unpaired) electrons. The first-order valence-electron chi connectivity index (χ1n) is 37.5. The Labute approximate surface area is 633 Å². The average Bonchev–Trinajstić information content (AvgIpc) is 0.775. The third kappa shape index (κ3) is 15.0. The maximum Gasteiger partial charge on any atom is 0.223 e. The van der Waals surface area contributed by atoms with Crippen LogP contribution in [0.5, 0.6) is 0 Å². The number of aromatic nitrogens is 8. The smallest absolute Gasteiger partial charge is 0.164 e. The van der Waals surface area contributed by atoms with Gasteiger partial charge in [-0.2, -0.15) is 36.5 Å². The molecular formula is C99H102N8+8. The fourth-order valence-electron chi connectivity index (χ4n) is 15.5. The number of rotatable bonds is 8. The molecule has 0 atom stereocenters. The second-order valence-corrected chi connectivity index (χ2v) is 30.0. The van der Waals surface area contributed by atoms with E-state index in [1.807, 2.05) is 0 Å². The Balaban J connectivity index is 0.000000126. The molecule has 0 N–H and O–H groups in total. The first-order chi connectivity index (χ1) is 51.4. The van der Waals surface area contributed by atoms with Gasteiger partial charge in [-0.1, -0.05) is 106 Å². The molecule has 0 aliphatic rings. The number of aryl methyl sites for hydroxylation is 11. The van der Waals surface area contributed by atoms with E-state index in [0.717, 1.165) is 0 Å².